The number of carbonyl (C=O) groups is 1. The van der Waals surface area contributed by atoms with E-state index in [4.69, 9.17) is 10.8 Å². The van der Waals surface area contributed by atoms with Crippen molar-refractivity contribution in [1.29, 1.82) is 0 Å². The lowest BCUT2D eigenvalue weighted by Crippen LogP contribution is -2.00. The highest BCUT2D eigenvalue weighted by Gasteiger charge is 2.14. The van der Waals surface area contributed by atoms with Gasteiger partial charge in [-0.25, -0.2) is 9.18 Å². The molecular formula is C9H7FN2O2. The number of carboxylic acid groups (broad SMARTS) is 1. The van der Waals surface area contributed by atoms with E-state index in [1.807, 2.05) is 0 Å². The molecule has 1 heterocycles. The normalized spacial score (nSPS) is 10.6. The van der Waals surface area contributed by atoms with Gasteiger partial charge in [-0.2, -0.15) is 0 Å². The quantitative estimate of drug-likeness (QED) is 0.644. The van der Waals surface area contributed by atoms with E-state index in [2.05, 4.69) is 4.98 Å². The zero-order valence-electron chi connectivity index (χ0n) is 7.04. The highest BCUT2D eigenvalue weighted by molar-refractivity contribution is 6.04. The highest BCUT2D eigenvalue weighted by Crippen LogP contribution is 2.25. The minimum atomic E-state index is -1.15. The number of carboxylic acids is 1. The van der Waals surface area contributed by atoms with Gasteiger partial charge in [0, 0.05) is 5.39 Å². The lowest BCUT2D eigenvalue weighted by Gasteiger charge is -1.91. The summed E-state index contributed by atoms with van der Waals surface area (Å²) in [5.74, 6) is -1.59. The van der Waals surface area contributed by atoms with Gasteiger partial charge < -0.3 is 15.8 Å². The Labute approximate surface area is 78.1 Å². The van der Waals surface area contributed by atoms with Gasteiger partial charge in [0.05, 0.1) is 11.2 Å². The number of benzene rings is 1. The number of halogens is 1. The average molecular weight is 194 g/mol. The smallest absolute Gasteiger partial charge is 0.354 e. The van der Waals surface area contributed by atoms with E-state index >= 15 is 0 Å². The van der Waals surface area contributed by atoms with Crippen molar-refractivity contribution in [2.75, 3.05) is 5.73 Å². The number of nitrogens with two attached hydrogens (primary N) is 1. The fourth-order valence-electron chi connectivity index (χ4n) is 1.36. The van der Waals surface area contributed by atoms with Crippen LogP contribution in [0.25, 0.3) is 10.9 Å². The van der Waals surface area contributed by atoms with Crippen molar-refractivity contribution >= 4 is 22.6 Å². The van der Waals surface area contributed by atoms with Crippen molar-refractivity contribution in [3.8, 4) is 0 Å². The molecule has 0 amide bonds. The van der Waals surface area contributed by atoms with Crippen LogP contribution in [0.4, 0.5) is 10.1 Å². The average Bonchev–Trinajstić information content (AvgIpc) is 2.43. The van der Waals surface area contributed by atoms with E-state index in [1.165, 1.54) is 18.2 Å². The number of hydrogen-bond acceptors (Lipinski definition) is 2. The minimum Gasteiger partial charge on any atom is -0.477 e. The molecule has 0 aliphatic carbocycles. The Kier molecular flexibility index (Phi) is 1.67. The van der Waals surface area contributed by atoms with Crippen LogP contribution in [0.5, 0.6) is 0 Å². The lowest BCUT2D eigenvalue weighted by molar-refractivity contribution is 0.0692. The first-order valence-electron chi connectivity index (χ1n) is 3.89. The maximum absolute atomic E-state index is 12.8. The number of nitrogen functional groups attached to an aromatic ring is 1. The Balaban J connectivity index is 2.79. The summed E-state index contributed by atoms with van der Waals surface area (Å²) in [5.41, 5.74) is 5.97. The third-order valence-electron chi connectivity index (χ3n) is 2.01. The third kappa shape index (κ3) is 1.10. The Bertz CT molecular complexity index is 519. The van der Waals surface area contributed by atoms with Crippen LogP contribution in [-0.4, -0.2) is 16.1 Å². The van der Waals surface area contributed by atoms with E-state index < -0.39 is 11.8 Å². The molecule has 72 valence electrons. The van der Waals surface area contributed by atoms with Gasteiger partial charge in [0.25, 0.3) is 0 Å². The summed E-state index contributed by atoms with van der Waals surface area (Å²) in [6.45, 7) is 0. The molecule has 0 saturated heterocycles. The first kappa shape index (κ1) is 8.55. The van der Waals surface area contributed by atoms with Crippen molar-refractivity contribution < 1.29 is 14.3 Å². The van der Waals surface area contributed by atoms with Gasteiger partial charge in [-0.05, 0) is 18.2 Å². The number of aromatic amines is 1. The maximum Gasteiger partial charge on any atom is 0.354 e. The molecule has 0 saturated carbocycles. The molecule has 0 radical (unpaired) electrons. The van der Waals surface area contributed by atoms with Crippen molar-refractivity contribution in [2.45, 2.75) is 0 Å². The number of nitrogens with one attached hydrogen (secondary N) is 1. The molecule has 0 aliphatic rings. The van der Waals surface area contributed by atoms with Crippen LogP contribution in [-0.2, 0) is 0 Å². The Morgan fingerprint density at radius 3 is 2.86 bits per heavy atom. The number of anilines is 1. The van der Waals surface area contributed by atoms with Gasteiger partial charge in [0.15, 0.2) is 0 Å². The van der Waals surface area contributed by atoms with E-state index in [1.54, 1.807) is 0 Å². The van der Waals surface area contributed by atoms with E-state index in [0.29, 0.717) is 10.9 Å². The molecule has 1 aromatic carbocycles. The Morgan fingerprint density at radius 1 is 1.50 bits per heavy atom. The molecule has 14 heavy (non-hydrogen) atoms. The van der Waals surface area contributed by atoms with Gasteiger partial charge in [0.1, 0.15) is 11.5 Å². The summed E-state index contributed by atoms with van der Waals surface area (Å²) in [5, 5.41) is 9.25. The van der Waals surface area contributed by atoms with Gasteiger partial charge in [-0.1, -0.05) is 0 Å². The van der Waals surface area contributed by atoms with Gasteiger partial charge in [-0.15, -0.1) is 0 Å². The predicted molar refractivity (Wildman–Crippen MR) is 49.6 cm³/mol. The lowest BCUT2D eigenvalue weighted by atomic mass is 10.2. The molecule has 0 aliphatic heterocycles. The summed E-state index contributed by atoms with van der Waals surface area (Å²) in [6.07, 6.45) is 0. The van der Waals surface area contributed by atoms with Gasteiger partial charge in [0.2, 0.25) is 0 Å². The zero-order chi connectivity index (χ0) is 10.3. The topological polar surface area (TPSA) is 79.1 Å². The van der Waals surface area contributed by atoms with Crippen molar-refractivity contribution in [3.05, 3.63) is 29.7 Å². The largest absolute Gasteiger partial charge is 0.477 e. The summed E-state index contributed by atoms with van der Waals surface area (Å²) in [6, 6.07) is 3.89. The van der Waals surface area contributed by atoms with Crippen LogP contribution < -0.4 is 5.73 Å². The second kappa shape index (κ2) is 2.73. The molecule has 2 rings (SSSR count). The van der Waals surface area contributed by atoms with Crippen molar-refractivity contribution in [3.63, 3.8) is 0 Å². The number of aromatic nitrogens is 1. The van der Waals surface area contributed by atoms with Crippen LogP contribution in [0.15, 0.2) is 18.2 Å². The summed E-state index contributed by atoms with van der Waals surface area (Å²) in [4.78, 5) is 13.2. The molecule has 0 bridgehead atoms. The molecular weight excluding hydrogens is 187 g/mol. The fourth-order valence-corrected chi connectivity index (χ4v) is 1.36. The third-order valence-corrected chi connectivity index (χ3v) is 2.01. The number of hydrogen-bond donors (Lipinski definition) is 3. The molecule has 0 spiro atoms. The number of aromatic carboxylic acids is 1. The van der Waals surface area contributed by atoms with E-state index in [-0.39, 0.29) is 11.4 Å². The molecule has 0 atom stereocenters. The molecule has 4 nitrogen and oxygen atoms in total. The van der Waals surface area contributed by atoms with Gasteiger partial charge in [-0.3, -0.25) is 0 Å². The first-order valence-corrected chi connectivity index (χ1v) is 3.89. The maximum atomic E-state index is 12.8. The van der Waals surface area contributed by atoms with Crippen molar-refractivity contribution in [2.24, 2.45) is 0 Å². The minimum absolute atomic E-state index is 0.106. The summed E-state index contributed by atoms with van der Waals surface area (Å²) < 4.78 is 12.8. The van der Waals surface area contributed by atoms with E-state index in [9.17, 15) is 9.18 Å². The molecule has 1 aromatic heterocycles. The fraction of sp³-hybridized carbons (Fsp3) is 0. The molecule has 4 N–H and O–H groups in total. The number of rotatable bonds is 1. The highest BCUT2D eigenvalue weighted by atomic mass is 19.1. The second-order valence-electron chi connectivity index (χ2n) is 2.91. The van der Waals surface area contributed by atoms with Crippen LogP contribution in [0, 0.1) is 5.82 Å². The summed E-state index contributed by atoms with van der Waals surface area (Å²) in [7, 11) is 0. The van der Waals surface area contributed by atoms with Crippen LogP contribution in [0.3, 0.4) is 0 Å². The monoisotopic (exact) mass is 194 g/mol. The van der Waals surface area contributed by atoms with Crippen LogP contribution >= 0.6 is 0 Å². The zero-order valence-corrected chi connectivity index (χ0v) is 7.04. The van der Waals surface area contributed by atoms with Crippen LogP contribution in [0.1, 0.15) is 10.5 Å². The number of H-pyrrole nitrogens is 1. The number of fused-ring (bicyclic) bond motifs is 1. The summed E-state index contributed by atoms with van der Waals surface area (Å²) >= 11 is 0. The second-order valence-corrected chi connectivity index (χ2v) is 2.91. The van der Waals surface area contributed by atoms with Crippen molar-refractivity contribution in [1.82, 2.24) is 4.98 Å². The predicted octanol–water partition coefficient (Wildman–Crippen LogP) is 1.59. The molecule has 0 fully saturated rings. The molecule has 2 aromatic rings. The Morgan fingerprint density at radius 2 is 2.21 bits per heavy atom. The SMILES string of the molecule is Nc1c(C(=O)O)[nH]c2cc(F)ccc12. The standard InChI is InChI=1S/C9H7FN2O2/c10-4-1-2-5-6(3-4)12-8(7(5)11)9(13)14/h1-3,12H,11H2,(H,13,14). The van der Waals surface area contributed by atoms with Gasteiger partial charge >= 0.3 is 5.97 Å². The first-order chi connectivity index (χ1) is 6.59. The Hall–Kier alpha value is -2.04. The van der Waals surface area contributed by atoms with E-state index in [0.717, 1.165) is 0 Å². The molecule has 0 unspecified atom stereocenters. The van der Waals surface area contributed by atoms with Crippen LogP contribution in [0.2, 0.25) is 0 Å². The molecule has 5 heteroatoms.